The van der Waals surface area contributed by atoms with Crippen molar-refractivity contribution in [1.82, 2.24) is 0 Å². The van der Waals surface area contributed by atoms with E-state index in [4.69, 9.17) is 5.11 Å². The Bertz CT molecular complexity index is 524. The summed E-state index contributed by atoms with van der Waals surface area (Å²) in [6.45, 7) is 10.4. The van der Waals surface area contributed by atoms with Crippen molar-refractivity contribution < 1.29 is 20.1 Å². The van der Waals surface area contributed by atoms with E-state index in [1.165, 1.54) is 6.08 Å². The van der Waals surface area contributed by atoms with Crippen LogP contribution in [-0.4, -0.2) is 33.0 Å². The van der Waals surface area contributed by atoms with E-state index in [0.717, 1.165) is 37.7 Å². The summed E-state index contributed by atoms with van der Waals surface area (Å²) in [6.07, 6.45) is 5.87. The first-order chi connectivity index (χ1) is 10.9. The molecule has 4 heteroatoms. The molecule has 2 rings (SSSR count). The van der Waals surface area contributed by atoms with Gasteiger partial charge in [-0.15, -0.1) is 0 Å². The van der Waals surface area contributed by atoms with Crippen LogP contribution in [0.5, 0.6) is 0 Å². The molecule has 0 heterocycles. The predicted octanol–water partition coefficient (Wildman–Crippen LogP) is 3.76. The number of rotatable bonds is 4. The van der Waals surface area contributed by atoms with Crippen LogP contribution in [0.2, 0.25) is 0 Å². The number of carbonyl (C=O) groups is 1. The number of allylic oxidation sites excluding steroid dienone is 1. The molecule has 4 nitrogen and oxygen atoms in total. The summed E-state index contributed by atoms with van der Waals surface area (Å²) in [5.41, 5.74) is -0.421. The molecule has 0 radical (unpaired) electrons. The Morgan fingerprint density at radius 2 is 1.83 bits per heavy atom. The van der Waals surface area contributed by atoms with Crippen molar-refractivity contribution in [3.8, 4) is 0 Å². The topological polar surface area (TPSA) is 77.8 Å². The zero-order valence-electron chi connectivity index (χ0n) is 15.8. The molecule has 6 atom stereocenters. The minimum Gasteiger partial charge on any atom is -0.478 e. The molecule has 2 aliphatic rings. The molecule has 0 bridgehead atoms. The Balaban J connectivity index is 2.29. The third kappa shape index (κ3) is 3.03. The fourth-order valence-corrected chi connectivity index (χ4v) is 5.50. The van der Waals surface area contributed by atoms with Crippen LogP contribution >= 0.6 is 0 Å². The minimum atomic E-state index is -1.07. The van der Waals surface area contributed by atoms with Crippen LogP contribution < -0.4 is 0 Å². The number of aliphatic carboxylic acids is 1. The Kier molecular flexibility index (Phi) is 5.23. The number of hydrogen-bond donors (Lipinski definition) is 3. The fourth-order valence-electron chi connectivity index (χ4n) is 5.50. The molecule has 2 saturated carbocycles. The summed E-state index contributed by atoms with van der Waals surface area (Å²) < 4.78 is 0. The third-order valence-corrected chi connectivity index (χ3v) is 7.75. The van der Waals surface area contributed by atoms with Gasteiger partial charge in [-0.3, -0.25) is 0 Å². The van der Waals surface area contributed by atoms with Gasteiger partial charge in [0, 0.05) is 11.5 Å². The van der Waals surface area contributed by atoms with Crippen molar-refractivity contribution in [2.75, 3.05) is 0 Å². The van der Waals surface area contributed by atoms with Crippen molar-refractivity contribution >= 4 is 5.97 Å². The maximum Gasteiger partial charge on any atom is 0.328 e. The molecular formula is C20H34O4. The van der Waals surface area contributed by atoms with E-state index < -0.39 is 17.7 Å². The number of carboxylic acid groups (broad SMARTS) is 1. The van der Waals surface area contributed by atoms with Gasteiger partial charge < -0.3 is 15.3 Å². The SMILES string of the molecule is C/C(=C\C(=O)O)CC[C@]1(C)[C@H]2CC[C@H](O)[C@@](C)(O)[C@@]2(C)CC[C@@H]1C. The zero-order valence-corrected chi connectivity index (χ0v) is 15.8. The highest BCUT2D eigenvalue weighted by molar-refractivity contribution is 5.80. The monoisotopic (exact) mass is 338 g/mol. The zero-order chi connectivity index (χ0) is 18.3. The highest BCUT2D eigenvalue weighted by Gasteiger charge is 2.62. The van der Waals surface area contributed by atoms with Gasteiger partial charge in [0.15, 0.2) is 0 Å². The summed E-state index contributed by atoms with van der Waals surface area (Å²) in [4.78, 5) is 10.9. The number of carboxylic acids is 1. The number of fused-ring (bicyclic) bond motifs is 1. The summed E-state index contributed by atoms with van der Waals surface area (Å²) in [5, 5.41) is 30.4. The van der Waals surface area contributed by atoms with Crippen LogP contribution in [0, 0.1) is 22.7 Å². The van der Waals surface area contributed by atoms with E-state index in [9.17, 15) is 15.0 Å². The molecule has 0 unspecified atom stereocenters. The maximum atomic E-state index is 11.1. The lowest BCUT2D eigenvalue weighted by Gasteiger charge is -2.64. The molecule has 2 fully saturated rings. The normalized spacial score (nSPS) is 46.5. The fraction of sp³-hybridized carbons (Fsp3) is 0.850. The van der Waals surface area contributed by atoms with Crippen molar-refractivity contribution in [3.63, 3.8) is 0 Å². The van der Waals surface area contributed by atoms with E-state index in [1.54, 1.807) is 6.92 Å². The Hall–Kier alpha value is -0.870. The smallest absolute Gasteiger partial charge is 0.328 e. The average molecular weight is 338 g/mol. The van der Waals surface area contributed by atoms with Gasteiger partial charge in [0.1, 0.15) is 0 Å². The second-order valence-electron chi connectivity index (χ2n) is 8.99. The van der Waals surface area contributed by atoms with Crippen molar-refractivity contribution in [2.24, 2.45) is 22.7 Å². The van der Waals surface area contributed by atoms with Crippen LogP contribution in [0.25, 0.3) is 0 Å². The van der Waals surface area contributed by atoms with E-state index in [-0.39, 0.29) is 10.8 Å². The van der Waals surface area contributed by atoms with E-state index in [1.807, 2.05) is 6.92 Å². The van der Waals surface area contributed by atoms with Gasteiger partial charge in [-0.1, -0.05) is 26.3 Å². The van der Waals surface area contributed by atoms with Gasteiger partial charge in [-0.2, -0.15) is 0 Å². The summed E-state index contributed by atoms with van der Waals surface area (Å²) >= 11 is 0. The molecule has 3 N–H and O–H groups in total. The van der Waals surface area contributed by atoms with E-state index in [2.05, 4.69) is 20.8 Å². The Labute approximate surface area is 146 Å². The first-order valence-electron chi connectivity index (χ1n) is 9.25. The summed E-state index contributed by atoms with van der Waals surface area (Å²) in [7, 11) is 0. The van der Waals surface area contributed by atoms with Crippen molar-refractivity contribution in [3.05, 3.63) is 11.6 Å². The van der Waals surface area contributed by atoms with Crippen LogP contribution in [0.4, 0.5) is 0 Å². The number of hydrogen-bond acceptors (Lipinski definition) is 3. The van der Waals surface area contributed by atoms with Crippen LogP contribution in [0.3, 0.4) is 0 Å². The molecule has 138 valence electrons. The van der Waals surface area contributed by atoms with E-state index >= 15 is 0 Å². The lowest BCUT2D eigenvalue weighted by Crippen LogP contribution is -2.65. The van der Waals surface area contributed by atoms with Gasteiger partial charge in [0.2, 0.25) is 0 Å². The van der Waals surface area contributed by atoms with Crippen molar-refractivity contribution in [2.45, 2.75) is 84.8 Å². The summed E-state index contributed by atoms with van der Waals surface area (Å²) in [6, 6.07) is 0. The maximum absolute atomic E-state index is 11.1. The lowest BCUT2D eigenvalue weighted by atomic mass is 9.43. The van der Waals surface area contributed by atoms with Crippen molar-refractivity contribution in [1.29, 1.82) is 0 Å². The highest BCUT2D eigenvalue weighted by atomic mass is 16.4. The van der Waals surface area contributed by atoms with Gasteiger partial charge in [-0.25, -0.2) is 4.79 Å². The second kappa shape index (κ2) is 6.45. The van der Waals surface area contributed by atoms with Crippen LogP contribution in [-0.2, 0) is 4.79 Å². The molecule has 0 spiro atoms. The van der Waals surface area contributed by atoms with Crippen LogP contribution in [0.15, 0.2) is 11.6 Å². The molecule has 2 aliphatic carbocycles. The number of aliphatic hydroxyl groups excluding tert-OH is 1. The van der Waals surface area contributed by atoms with E-state index in [0.29, 0.717) is 18.3 Å². The van der Waals surface area contributed by atoms with Gasteiger partial charge in [0.25, 0.3) is 0 Å². The molecule has 0 aliphatic heterocycles. The molecule has 0 aromatic rings. The molecule has 0 saturated heterocycles. The Morgan fingerprint density at radius 1 is 1.21 bits per heavy atom. The van der Waals surface area contributed by atoms with Gasteiger partial charge >= 0.3 is 5.97 Å². The second-order valence-corrected chi connectivity index (χ2v) is 8.99. The standard InChI is InChI=1S/C20H34O4/c1-13(12-17(22)23)8-10-18(3)14(2)9-11-19(4)15(18)6-7-16(21)20(19,5)24/h12,14-16,21,24H,6-11H2,1-5H3,(H,22,23)/b13-12+/t14-,15+,16-,18-,19-,20+/m0/s1. The van der Waals surface area contributed by atoms with Gasteiger partial charge in [-0.05, 0) is 69.6 Å². The number of aliphatic hydroxyl groups is 2. The van der Waals surface area contributed by atoms with Crippen LogP contribution in [0.1, 0.15) is 73.1 Å². The summed E-state index contributed by atoms with van der Waals surface area (Å²) in [5.74, 6) is -0.0214. The molecule has 0 aromatic carbocycles. The quantitative estimate of drug-likeness (QED) is 0.682. The minimum absolute atomic E-state index is 0.0464. The first kappa shape index (κ1) is 19.5. The molecular weight excluding hydrogens is 304 g/mol. The molecule has 24 heavy (non-hydrogen) atoms. The largest absolute Gasteiger partial charge is 0.478 e. The third-order valence-electron chi connectivity index (χ3n) is 7.75. The lowest BCUT2D eigenvalue weighted by molar-refractivity contribution is -0.235. The molecule has 0 amide bonds. The first-order valence-corrected chi connectivity index (χ1v) is 9.25. The average Bonchev–Trinajstić information content (AvgIpc) is 2.47. The molecule has 0 aromatic heterocycles. The van der Waals surface area contributed by atoms with Gasteiger partial charge in [0.05, 0.1) is 11.7 Å². The Morgan fingerprint density at radius 3 is 2.42 bits per heavy atom. The predicted molar refractivity (Wildman–Crippen MR) is 94.6 cm³/mol. The highest BCUT2D eigenvalue weighted by Crippen LogP contribution is 2.64.